The van der Waals surface area contributed by atoms with Crippen LogP contribution in [0.3, 0.4) is 0 Å². The van der Waals surface area contributed by atoms with Gasteiger partial charge in [-0.05, 0) is 50.5 Å². The van der Waals surface area contributed by atoms with Gasteiger partial charge in [-0.3, -0.25) is 9.88 Å². The zero-order valence-electron chi connectivity index (χ0n) is 11.8. The molecule has 1 aliphatic heterocycles. The average molecular weight is 263 g/mol. The van der Waals surface area contributed by atoms with E-state index in [1.807, 2.05) is 12.3 Å². The molecule has 0 saturated carbocycles. The van der Waals surface area contributed by atoms with Crippen molar-refractivity contribution in [1.82, 2.24) is 15.2 Å². The van der Waals surface area contributed by atoms with E-state index in [2.05, 4.69) is 27.3 Å². The molecule has 1 fully saturated rings. The summed E-state index contributed by atoms with van der Waals surface area (Å²) < 4.78 is 5.04. The van der Waals surface area contributed by atoms with E-state index in [4.69, 9.17) is 4.74 Å². The summed E-state index contributed by atoms with van der Waals surface area (Å²) in [4.78, 5) is 6.90. The molecule has 2 heterocycles. The van der Waals surface area contributed by atoms with Crippen LogP contribution in [0.25, 0.3) is 0 Å². The number of rotatable bonds is 7. The van der Waals surface area contributed by atoms with Crippen molar-refractivity contribution in [3.63, 3.8) is 0 Å². The zero-order chi connectivity index (χ0) is 13.3. The second kappa shape index (κ2) is 8.25. The lowest BCUT2D eigenvalue weighted by Gasteiger charge is -2.31. The standard InChI is InChI=1S/C15H25N3O/c1-19-11-8-16-12-14-5-9-18(10-6-14)13-15-4-2-3-7-17-15/h2-4,7,14,16H,5-6,8-13H2,1H3. The number of nitrogens with zero attached hydrogens (tertiary/aromatic N) is 2. The molecule has 1 saturated heterocycles. The van der Waals surface area contributed by atoms with Gasteiger partial charge in [-0.1, -0.05) is 6.07 Å². The van der Waals surface area contributed by atoms with E-state index in [9.17, 15) is 0 Å². The molecule has 1 aromatic heterocycles. The van der Waals surface area contributed by atoms with Crippen molar-refractivity contribution in [2.24, 2.45) is 5.92 Å². The van der Waals surface area contributed by atoms with Crippen molar-refractivity contribution in [3.05, 3.63) is 30.1 Å². The Labute approximate surface area is 116 Å². The molecule has 0 unspecified atom stereocenters. The van der Waals surface area contributed by atoms with Crippen LogP contribution >= 0.6 is 0 Å². The predicted molar refractivity (Wildman–Crippen MR) is 77.0 cm³/mol. The number of ether oxygens (including phenoxy) is 1. The molecule has 0 radical (unpaired) electrons. The number of piperidine rings is 1. The minimum Gasteiger partial charge on any atom is -0.383 e. The summed E-state index contributed by atoms with van der Waals surface area (Å²) in [5.74, 6) is 0.817. The fraction of sp³-hybridized carbons (Fsp3) is 0.667. The molecule has 1 aromatic rings. The molecular formula is C15H25N3O. The maximum atomic E-state index is 5.04. The fourth-order valence-corrected chi connectivity index (χ4v) is 2.55. The third-order valence-corrected chi connectivity index (χ3v) is 3.73. The summed E-state index contributed by atoms with van der Waals surface area (Å²) in [5.41, 5.74) is 1.18. The molecule has 0 amide bonds. The largest absolute Gasteiger partial charge is 0.383 e. The third kappa shape index (κ3) is 5.27. The van der Waals surface area contributed by atoms with Crippen LogP contribution in [0, 0.1) is 5.92 Å². The Balaban J connectivity index is 1.62. The first kappa shape index (κ1) is 14.4. The quantitative estimate of drug-likeness (QED) is 0.757. The maximum Gasteiger partial charge on any atom is 0.0587 e. The number of nitrogens with one attached hydrogen (secondary N) is 1. The van der Waals surface area contributed by atoms with Crippen molar-refractivity contribution in [2.45, 2.75) is 19.4 Å². The van der Waals surface area contributed by atoms with E-state index in [1.54, 1.807) is 7.11 Å². The molecule has 0 aromatic carbocycles. The number of hydrogen-bond donors (Lipinski definition) is 1. The topological polar surface area (TPSA) is 37.4 Å². The summed E-state index contributed by atoms with van der Waals surface area (Å²) in [7, 11) is 1.75. The Kier molecular flexibility index (Phi) is 6.27. The molecule has 1 aliphatic rings. The van der Waals surface area contributed by atoms with E-state index in [1.165, 1.54) is 31.6 Å². The number of aromatic nitrogens is 1. The third-order valence-electron chi connectivity index (χ3n) is 3.73. The molecule has 4 heteroatoms. The van der Waals surface area contributed by atoms with Crippen molar-refractivity contribution >= 4 is 0 Å². The van der Waals surface area contributed by atoms with E-state index in [0.29, 0.717) is 0 Å². The second-order valence-corrected chi connectivity index (χ2v) is 5.24. The van der Waals surface area contributed by atoms with Gasteiger partial charge in [-0.2, -0.15) is 0 Å². The summed E-state index contributed by atoms with van der Waals surface area (Å²) in [6.45, 7) is 6.26. The molecule has 0 spiro atoms. The van der Waals surface area contributed by atoms with Gasteiger partial charge in [0.15, 0.2) is 0 Å². The lowest BCUT2D eigenvalue weighted by Crippen LogP contribution is -2.37. The Morgan fingerprint density at radius 2 is 2.21 bits per heavy atom. The highest BCUT2D eigenvalue weighted by Crippen LogP contribution is 2.17. The van der Waals surface area contributed by atoms with Gasteiger partial charge in [0.2, 0.25) is 0 Å². The smallest absolute Gasteiger partial charge is 0.0587 e. The lowest BCUT2D eigenvalue weighted by atomic mass is 9.96. The van der Waals surface area contributed by atoms with Gasteiger partial charge in [0.1, 0.15) is 0 Å². The Hall–Kier alpha value is -0.970. The number of pyridine rings is 1. The highest BCUT2D eigenvalue weighted by molar-refractivity contribution is 5.03. The summed E-state index contributed by atoms with van der Waals surface area (Å²) >= 11 is 0. The number of hydrogen-bond acceptors (Lipinski definition) is 4. The molecular weight excluding hydrogens is 238 g/mol. The van der Waals surface area contributed by atoms with Crippen LogP contribution in [-0.2, 0) is 11.3 Å². The molecule has 19 heavy (non-hydrogen) atoms. The van der Waals surface area contributed by atoms with Gasteiger partial charge in [0.05, 0.1) is 12.3 Å². The van der Waals surface area contributed by atoms with Crippen LogP contribution in [0.5, 0.6) is 0 Å². The molecule has 0 aliphatic carbocycles. The maximum absolute atomic E-state index is 5.04. The van der Waals surface area contributed by atoms with Gasteiger partial charge in [0, 0.05) is 26.4 Å². The summed E-state index contributed by atoms with van der Waals surface area (Å²) in [5, 5.41) is 3.46. The van der Waals surface area contributed by atoms with Crippen molar-refractivity contribution in [3.8, 4) is 0 Å². The van der Waals surface area contributed by atoms with Crippen LogP contribution in [0.2, 0.25) is 0 Å². The first-order valence-electron chi connectivity index (χ1n) is 7.20. The fourth-order valence-electron chi connectivity index (χ4n) is 2.55. The average Bonchev–Trinajstić information content (AvgIpc) is 2.46. The first-order chi connectivity index (χ1) is 9.38. The number of methoxy groups -OCH3 is 1. The van der Waals surface area contributed by atoms with Crippen molar-refractivity contribution < 1.29 is 4.74 Å². The van der Waals surface area contributed by atoms with E-state index in [-0.39, 0.29) is 0 Å². The molecule has 106 valence electrons. The summed E-state index contributed by atoms with van der Waals surface area (Å²) in [6.07, 6.45) is 4.45. The first-order valence-corrected chi connectivity index (χ1v) is 7.20. The minimum absolute atomic E-state index is 0.804. The molecule has 0 bridgehead atoms. The van der Waals surface area contributed by atoms with Gasteiger partial charge in [-0.25, -0.2) is 0 Å². The Bertz CT molecular complexity index is 337. The van der Waals surface area contributed by atoms with Crippen LogP contribution in [0.1, 0.15) is 18.5 Å². The number of likely N-dealkylation sites (tertiary alicyclic amines) is 1. The van der Waals surface area contributed by atoms with Gasteiger partial charge >= 0.3 is 0 Å². The normalized spacial score (nSPS) is 17.7. The molecule has 2 rings (SSSR count). The Morgan fingerprint density at radius 3 is 2.89 bits per heavy atom. The van der Waals surface area contributed by atoms with E-state index < -0.39 is 0 Å². The van der Waals surface area contributed by atoms with Crippen LogP contribution in [0.15, 0.2) is 24.4 Å². The lowest BCUT2D eigenvalue weighted by molar-refractivity contribution is 0.167. The van der Waals surface area contributed by atoms with Gasteiger partial charge in [-0.15, -0.1) is 0 Å². The van der Waals surface area contributed by atoms with Gasteiger partial charge in [0.25, 0.3) is 0 Å². The molecule has 0 atom stereocenters. The highest BCUT2D eigenvalue weighted by atomic mass is 16.5. The molecule has 1 N–H and O–H groups in total. The summed E-state index contributed by atoms with van der Waals surface area (Å²) in [6, 6.07) is 6.15. The highest BCUT2D eigenvalue weighted by Gasteiger charge is 2.18. The minimum atomic E-state index is 0.804. The Morgan fingerprint density at radius 1 is 1.37 bits per heavy atom. The monoisotopic (exact) mass is 263 g/mol. The zero-order valence-corrected chi connectivity index (χ0v) is 11.8. The van der Waals surface area contributed by atoms with Crippen LogP contribution in [0.4, 0.5) is 0 Å². The van der Waals surface area contributed by atoms with Crippen molar-refractivity contribution in [1.29, 1.82) is 0 Å². The van der Waals surface area contributed by atoms with Crippen LogP contribution < -0.4 is 5.32 Å². The molecule has 4 nitrogen and oxygen atoms in total. The SMILES string of the molecule is COCCNCC1CCN(Cc2ccccn2)CC1. The van der Waals surface area contributed by atoms with Crippen molar-refractivity contribution in [2.75, 3.05) is 39.9 Å². The van der Waals surface area contributed by atoms with E-state index in [0.717, 1.165) is 32.2 Å². The van der Waals surface area contributed by atoms with Gasteiger partial charge < -0.3 is 10.1 Å². The predicted octanol–water partition coefficient (Wildman–Crippen LogP) is 1.53. The van der Waals surface area contributed by atoms with E-state index >= 15 is 0 Å². The second-order valence-electron chi connectivity index (χ2n) is 5.24. The van der Waals surface area contributed by atoms with Crippen LogP contribution in [-0.4, -0.2) is 49.8 Å².